The summed E-state index contributed by atoms with van der Waals surface area (Å²) in [4.78, 5) is 14.4. The molecule has 1 aromatic carbocycles. The summed E-state index contributed by atoms with van der Waals surface area (Å²) < 4.78 is 1.58. The quantitative estimate of drug-likeness (QED) is 0.591. The highest BCUT2D eigenvalue weighted by molar-refractivity contribution is 6.30. The molecule has 3 rings (SSSR count). The lowest BCUT2D eigenvalue weighted by molar-refractivity contribution is -0.384. The van der Waals surface area contributed by atoms with Crippen LogP contribution in [0.4, 0.5) is 11.6 Å². The lowest BCUT2D eigenvalue weighted by atomic mass is 10.2. The number of nitrogens with zero attached hydrogens (tertiary/aromatic N) is 4. The normalized spacial score (nSPS) is 10.7. The molecule has 0 spiro atoms. The fraction of sp³-hybridized carbons (Fsp3) is 0.0769. The van der Waals surface area contributed by atoms with Gasteiger partial charge < -0.3 is 5.32 Å². The van der Waals surface area contributed by atoms with E-state index in [0.29, 0.717) is 23.2 Å². The van der Waals surface area contributed by atoms with Crippen LogP contribution in [0.3, 0.4) is 0 Å². The Labute approximate surface area is 124 Å². The van der Waals surface area contributed by atoms with Crippen LogP contribution in [0, 0.1) is 10.1 Å². The van der Waals surface area contributed by atoms with Gasteiger partial charge in [-0.25, -0.2) is 4.52 Å². The monoisotopic (exact) mass is 303 g/mol. The van der Waals surface area contributed by atoms with E-state index in [4.69, 9.17) is 11.6 Å². The van der Waals surface area contributed by atoms with E-state index in [0.717, 1.165) is 5.56 Å². The molecule has 2 heterocycles. The van der Waals surface area contributed by atoms with Gasteiger partial charge in [-0.15, -0.1) is 5.10 Å². The first kappa shape index (κ1) is 13.3. The maximum atomic E-state index is 10.6. The Hall–Kier alpha value is -2.67. The molecule has 0 atom stereocenters. The van der Waals surface area contributed by atoms with Gasteiger partial charge in [0.05, 0.1) is 9.95 Å². The number of nitro groups is 1. The molecule has 0 radical (unpaired) electrons. The molecule has 0 aliphatic rings. The molecule has 0 aliphatic heterocycles. The number of aromatic nitrogens is 3. The molecule has 3 aromatic rings. The van der Waals surface area contributed by atoms with Crippen LogP contribution in [0.25, 0.3) is 5.65 Å². The number of hydrogen-bond donors (Lipinski definition) is 1. The molecule has 0 bridgehead atoms. The number of pyridine rings is 1. The summed E-state index contributed by atoms with van der Waals surface area (Å²) in [6.45, 7) is 0.475. The second-order valence-corrected chi connectivity index (χ2v) is 4.80. The van der Waals surface area contributed by atoms with Gasteiger partial charge in [0.1, 0.15) is 0 Å². The van der Waals surface area contributed by atoms with Crippen molar-refractivity contribution in [3.63, 3.8) is 0 Å². The molecule has 106 valence electrons. The number of hydrogen-bond acceptors (Lipinski definition) is 5. The third-order valence-corrected chi connectivity index (χ3v) is 3.12. The highest BCUT2D eigenvalue weighted by atomic mass is 35.5. The van der Waals surface area contributed by atoms with Crippen molar-refractivity contribution in [3.05, 3.63) is 63.3 Å². The SMILES string of the molecule is O=[N+]([O-])c1ccc(CNc2nc3ccc(Cl)cn3n2)cc1. The van der Waals surface area contributed by atoms with Gasteiger partial charge in [-0.3, -0.25) is 10.1 Å². The summed E-state index contributed by atoms with van der Waals surface area (Å²) >= 11 is 5.88. The Balaban J connectivity index is 1.72. The lowest BCUT2D eigenvalue weighted by Gasteiger charge is -2.01. The van der Waals surface area contributed by atoms with Crippen LogP contribution >= 0.6 is 11.6 Å². The average molecular weight is 304 g/mol. The number of nitro benzene ring substituents is 1. The van der Waals surface area contributed by atoms with Crippen molar-refractivity contribution in [1.82, 2.24) is 14.6 Å². The summed E-state index contributed by atoms with van der Waals surface area (Å²) in [5.74, 6) is 0.468. The molecule has 0 saturated carbocycles. The molecule has 0 aliphatic carbocycles. The van der Waals surface area contributed by atoms with Crippen LogP contribution in [0.15, 0.2) is 42.6 Å². The van der Waals surface area contributed by atoms with Gasteiger partial charge in [0.15, 0.2) is 5.65 Å². The number of non-ortho nitro benzene ring substituents is 1. The van der Waals surface area contributed by atoms with Crippen molar-refractivity contribution in [3.8, 4) is 0 Å². The molecule has 0 unspecified atom stereocenters. The molecular weight excluding hydrogens is 294 g/mol. The molecule has 0 saturated heterocycles. The Kier molecular flexibility index (Phi) is 3.41. The minimum Gasteiger partial charge on any atom is -0.349 e. The largest absolute Gasteiger partial charge is 0.349 e. The second kappa shape index (κ2) is 5.37. The highest BCUT2D eigenvalue weighted by Gasteiger charge is 2.06. The number of anilines is 1. The van der Waals surface area contributed by atoms with Crippen LogP contribution in [0.5, 0.6) is 0 Å². The second-order valence-electron chi connectivity index (χ2n) is 4.36. The number of rotatable bonds is 4. The molecule has 2 aromatic heterocycles. The Morgan fingerprint density at radius 1 is 1.24 bits per heavy atom. The summed E-state index contributed by atoms with van der Waals surface area (Å²) in [5.41, 5.74) is 1.65. The van der Waals surface area contributed by atoms with E-state index in [1.807, 2.05) is 0 Å². The van der Waals surface area contributed by atoms with Gasteiger partial charge in [0, 0.05) is 24.9 Å². The van der Waals surface area contributed by atoms with Crippen LogP contribution in [-0.2, 0) is 6.54 Å². The summed E-state index contributed by atoms with van der Waals surface area (Å²) in [6.07, 6.45) is 1.67. The lowest BCUT2D eigenvalue weighted by Crippen LogP contribution is -2.01. The topological polar surface area (TPSA) is 85.4 Å². The van der Waals surface area contributed by atoms with E-state index >= 15 is 0 Å². The van der Waals surface area contributed by atoms with E-state index < -0.39 is 4.92 Å². The zero-order chi connectivity index (χ0) is 14.8. The smallest absolute Gasteiger partial charge is 0.269 e. The van der Waals surface area contributed by atoms with E-state index in [1.54, 1.807) is 35.0 Å². The van der Waals surface area contributed by atoms with E-state index in [9.17, 15) is 10.1 Å². The van der Waals surface area contributed by atoms with Gasteiger partial charge in [-0.05, 0) is 17.7 Å². The predicted octanol–water partition coefficient (Wildman–Crippen LogP) is 2.90. The van der Waals surface area contributed by atoms with Gasteiger partial charge in [0.25, 0.3) is 5.69 Å². The zero-order valence-corrected chi connectivity index (χ0v) is 11.5. The minimum atomic E-state index is -0.426. The van der Waals surface area contributed by atoms with Crippen LogP contribution in [0.1, 0.15) is 5.56 Å². The van der Waals surface area contributed by atoms with Crippen molar-refractivity contribution in [2.24, 2.45) is 0 Å². The number of benzene rings is 1. The molecular formula is C13H10ClN5O2. The maximum Gasteiger partial charge on any atom is 0.269 e. The molecule has 21 heavy (non-hydrogen) atoms. The van der Waals surface area contributed by atoms with Gasteiger partial charge in [-0.1, -0.05) is 23.7 Å². The first-order valence-electron chi connectivity index (χ1n) is 6.11. The third-order valence-electron chi connectivity index (χ3n) is 2.89. The van der Waals surface area contributed by atoms with E-state index in [1.165, 1.54) is 12.1 Å². The molecule has 0 fully saturated rings. The molecule has 1 N–H and O–H groups in total. The fourth-order valence-electron chi connectivity index (χ4n) is 1.85. The van der Waals surface area contributed by atoms with Crippen molar-refractivity contribution in [1.29, 1.82) is 0 Å². The summed E-state index contributed by atoms with van der Waals surface area (Å²) in [5, 5.41) is 18.5. The molecule has 0 amide bonds. The first-order chi connectivity index (χ1) is 10.1. The summed E-state index contributed by atoms with van der Waals surface area (Å²) in [7, 11) is 0. The van der Waals surface area contributed by atoms with Gasteiger partial charge >= 0.3 is 0 Å². The maximum absolute atomic E-state index is 10.6. The van der Waals surface area contributed by atoms with Gasteiger partial charge in [0.2, 0.25) is 5.95 Å². The van der Waals surface area contributed by atoms with Crippen molar-refractivity contribution < 1.29 is 4.92 Å². The zero-order valence-electron chi connectivity index (χ0n) is 10.7. The van der Waals surface area contributed by atoms with Gasteiger partial charge in [-0.2, -0.15) is 4.98 Å². The molecule has 8 heteroatoms. The van der Waals surface area contributed by atoms with Crippen LogP contribution in [-0.4, -0.2) is 19.5 Å². The van der Waals surface area contributed by atoms with Crippen molar-refractivity contribution in [2.75, 3.05) is 5.32 Å². The predicted molar refractivity (Wildman–Crippen MR) is 78.4 cm³/mol. The summed E-state index contributed by atoms with van der Waals surface area (Å²) in [6, 6.07) is 9.83. The minimum absolute atomic E-state index is 0.0687. The van der Waals surface area contributed by atoms with E-state index in [-0.39, 0.29) is 5.69 Å². The Bertz CT molecular complexity index is 800. The average Bonchev–Trinajstić information content (AvgIpc) is 2.87. The number of halogens is 1. The van der Waals surface area contributed by atoms with Crippen LogP contribution < -0.4 is 5.32 Å². The van der Waals surface area contributed by atoms with Crippen molar-refractivity contribution in [2.45, 2.75) is 6.54 Å². The fourth-order valence-corrected chi connectivity index (χ4v) is 2.00. The third kappa shape index (κ3) is 2.92. The van der Waals surface area contributed by atoms with Crippen LogP contribution in [0.2, 0.25) is 5.02 Å². The standard InChI is InChI=1S/C13H10ClN5O2/c14-10-3-6-12-16-13(17-18(12)8-10)15-7-9-1-4-11(5-2-9)19(20)21/h1-6,8H,7H2,(H,15,17). The number of nitrogens with one attached hydrogen (secondary N) is 1. The molecule has 7 nitrogen and oxygen atoms in total. The van der Waals surface area contributed by atoms with Crippen molar-refractivity contribution >= 4 is 28.9 Å². The first-order valence-corrected chi connectivity index (χ1v) is 6.49. The van der Waals surface area contributed by atoms with E-state index in [2.05, 4.69) is 15.4 Å². The highest BCUT2D eigenvalue weighted by Crippen LogP contribution is 2.14. The Morgan fingerprint density at radius 3 is 2.71 bits per heavy atom. The Morgan fingerprint density at radius 2 is 2.00 bits per heavy atom. The number of fused-ring (bicyclic) bond motifs is 1.